The molecule has 3 nitrogen and oxygen atoms in total. The van der Waals surface area contributed by atoms with Gasteiger partial charge in [-0.05, 0) is 118 Å². The first kappa shape index (κ1) is 32.6. The molecule has 2 aliphatic heterocycles. The maximum Gasteiger partial charge on any atom is 0.132 e. The third-order valence-corrected chi connectivity index (χ3v) is 13.3. The first-order chi connectivity index (χ1) is 26.0. The molecule has 0 spiro atoms. The van der Waals surface area contributed by atoms with Gasteiger partial charge in [0.2, 0.25) is 0 Å². The maximum absolute atomic E-state index is 6.68. The second-order valence-electron chi connectivity index (χ2n) is 16.5. The van der Waals surface area contributed by atoms with Gasteiger partial charge in [-0.2, -0.15) is 0 Å². The normalized spacial score (nSPS) is 30.5. The minimum atomic E-state index is -0.126. The number of benzene rings is 3. The van der Waals surface area contributed by atoms with Crippen LogP contribution >= 0.6 is 0 Å². The second-order valence-corrected chi connectivity index (χ2v) is 16.5. The maximum atomic E-state index is 6.68. The van der Waals surface area contributed by atoms with E-state index in [1.54, 1.807) is 0 Å². The molecule has 4 atom stereocenters. The number of nitrogens with zero attached hydrogens (tertiary/aromatic N) is 1. The first-order valence-electron chi connectivity index (χ1n) is 20.0. The molecule has 53 heavy (non-hydrogen) atoms. The van der Waals surface area contributed by atoms with Crippen molar-refractivity contribution in [3.05, 3.63) is 173 Å². The number of fused-ring (bicyclic) bond motifs is 6. The van der Waals surface area contributed by atoms with Gasteiger partial charge >= 0.3 is 0 Å². The van der Waals surface area contributed by atoms with Crippen LogP contribution in [0.15, 0.2) is 151 Å². The molecule has 2 heterocycles. The van der Waals surface area contributed by atoms with Crippen molar-refractivity contribution in [2.24, 2.45) is 5.92 Å². The molecule has 0 aromatic heterocycles. The lowest BCUT2D eigenvalue weighted by Gasteiger charge is -2.51. The third kappa shape index (κ3) is 5.46. The standard InChI is InChI=1S/C50H49NO2/c1-49(31-28-36(29-32-49)40-18-11-20-43-42-17-6-7-22-45(42)52-47(40)43)51(39-16-10-15-37(33-39)34-13-4-3-5-14-34)38-26-24-35(25-27-38)41-19-12-21-44-48(41)53-46-23-8-9-30-50(44,46)2/h4,6-19,21-26,30,33,36,38,43,46H,3,5,20,27-29,31-32H2,1-2H3. The predicted octanol–water partition coefficient (Wildman–Crippen LogP) is 12.1. The Labute approximate surface area is 315 Å². The molecule has 3 aromatic carbocycles. The molecule has 5 aliphatic carbocycles. The lowest BCUT2D eigenvalue weighted by molar-refractivity contribution is 0.227. The van der Waals surface area contributed by atoms with Crippen molar-refractivity contribution in [1.29, 1.82) is 0 Å². The van der Waals surface area contributed by atoms with Gasteiger partial charge in [0.25, 0.3) is 0 Å². The summed E-state index contributed by atoms with van der Waals surface area (Å²) in [5, 5.41) is 0. The Hall–Kier alpha value is -5.02. The summed E-state index contributed by atoms with van der Waals surface area (Å²) in [7, 11) is 0. The van der Waals surface area contributed by atoms with Crippen molar-refractivity contribution in [2.45, 2.75) is 94.2 Å². The highest BCUT2D eigenvalue weighted by Gasteiger charge is 2.45. The predicted molar refractivity (Wildman–Crippen MR) is 218 cm³/mol. The van der Waals surface area contributed by atoms with E-state index in [1.807, 2.05) is 0 Å². The van der Waals surface area contributed by atoms with Crippen molar-refractivity contribution in [3.63, 3.8) is 0 Å². The monoisotopic (exact) mass is 695 g/mol. The molecule has 0 radical (unpaired) electrons. The Kier molecular flexibility index (Phi) is 7.90. The number of hydrogen-bond donors (Lipinski definition) is 0. The summed E-state index contributed by atoms with van der Waals surface area (Å²) in [5.74, 6) is 4.18. The van der Waals surface area contributed by atoms with E-state index in [1.165, 1.54) is 50.4 Å². The minimum absolute atomic E-state index is 0.00876. The van der Waals surface area contributed by atoms with Crippen LogP contribution < -0.4 is 14.4 Å². The van der Waals surface area contributed by atoms with Gasteiger partial charge in [-0.1, -0.05) is 115 Å². The lowest BCUT2D eigenvalue weighted by atomic mass is 9.71. The van der Waals surface area contributed by atoms with E-state index < -0.39 is 0 Å². The summed E-state index contributed by atoms with van der Waals surface area (Å²) in [6, 6.07) is 25.0. The van der Waals surface area contributed by atoms with Crippen LogP contribution in [0.2, 0.25) is 0 Å². The van der Waals surface area contributed by atoms with Crippen molar-refractivity contribution in [2.75, 3.05) is 4.90 Å². The molecule has 4 unspecified atom stereocenters. The molecule has 7 aliphatic rings. The van der Waals surface area contributed by atoms with E-state index in [0.717, 1.165) is 62.9 Å². The van der Waals surface area contributed by atoms with E-state index in [0.29, 0.717) is 11.8 Å². The fourth-order valence-corrected chi connectivity index (χ4v) is 10.4. The fraction of sp³-hybridized carbons (Fsp3) is 0.320. The summed E-state index contributed by atoms with van der Waals surface area (Å²) in [6.07, 6.45) is 36.7. The summed E-state index contributed by atoms with van der Waals surface area (Å²) in [5.41, 5.74) is 10.4. The van der Waals surface area contributed by atoms with Crippen molar-refractivity contribution < 1.29 is 9.47 Å². The molecular formula is C50H49NO2. The molecular weight excluding hydrogens is 647 g/mol. The zero-order valence-corrected chi connectivity index (χ0v) is 31.0. The molecule has 0 bridgehead atoms. The van der Waals surface area contributed by atoms with Gasteiger partial charge in [-0.15, -0.1) is 0 Å². The minimum Gasteiger partial charge on any atom is -0.484 e. The van der Waals surface area contributed by atoms with Crippen LogP contribution in [0.1, 0.15) is 93.4 Å². The van der Waals surface area contributed by atoms with E-state index in [-0.39, 0.29) is 23.1 Å². The van der Waals surface area contributed by atoms with Gasteiger partial charge in [0.05, 0.1) is 11.5 Å². The van der Waals surface area contributed by atoms with Gasteiger partial charge < -0.3 is 14.4 Å². The molecule has 10 rings (SSSR count). The number of para-hydroxylation sites is 2. The van der Waals surface area contributed by atoms with E-state index >= 15 is 0 Å². The number of rotatable bonds is 6. The van der Waals surface area contributed by atoms with Crippen molar-refractivity contribution in [1.82, 2.24) is 0 Å². The second kappa shape index (κ2) is 12.8. The first-order valence-corrected chi connectivity index (χ1v) is 20.0. The highest BCUT2D eigenvalue weighted by molar-refractivity contribution is 5.82. The van der Waals surface area contributed by atoms with Crippen LogP contribution in [0.5, 0.6) is 11.5 Å². The van der Waals surface area contributed by atoms with E-state index in [2.05, 4.69) is 158 Å². The Balaban J connectivity index is 0.954. The number of allylic oxidation sites excluding steroid dienone is 12. The van der Waals surface area contributed by atoms with Crippen molar-refractivity contribution >= 4 is 16.8 Å². The molecule has 0 amide bonds. The van der Waals surface area contributed by atoms with Crippen LogP contribution in [-0.4, -0.2) is 17.7 Å². The molecule has 1 saturated carbocycles. The molecule has 1 fully saturated rings. The lowest BCUT2D eigenvalue weighted by Crippen LogP contribution is -2.53. The molecule has 0 N–H and O–H groups in total. The van der Waals surface area contributed by atoms with Crippen LogP contribution in [-0.2, 0) is 5.41 Å². The van der Waals surface area contributed by atoms with Crippen LogP contribution in [0.3, 0.4) is 0 Å². The molecule has 0 saturated heterocycles. The van der Waals surface area contributed by atoms with Crippen molar-refractivity contribution in [3.8, 4) is 11.5 Å². The Morgan fingerprint density at radius 3 is 2.51 bits per heavy atom. The molecule has 266 valence electrons. The summed E-state index contributed by atoms with van der Waals surface area (Å²) in [6.45, 7) is 4.83. The van der Waals surface area contributed by atoms with Gasteiger partial charge in [0.15, 0.2) is 0 Å². The number of hydrogen-bond acceptors (Lipinski definition) is 3. The smallest absolute Gasteiger partial charge is 0.132 e. The van der Waals surface area contributed by atoms with E-state index in [9.17, 15) is 0 Å². The van der Waals surface area contributed by atoms with E-state index in [4.69, 9.17) is 9.47 Å². The highest BCUT2D eigenvalue weighted by Crippen LogP contribution is 2.52. The SMILES string of the molecule is CC12C=CC=CC1Oc1c(C3=CCC(N(c4cccc(C5=CCCC=C5)c4)C4(C)CCC(C5=C6Oc7ccccc7C6CC=C5)CC4)C=C3)cccc12. The van der Waals surface area contributed by atoms with Crippen LogP contribution in [0.25, 0.3) is 11.1 Å². The summed E-state index contributed by atoms with van der Waals surface area (Å²) < 4.78 is 13.3. The molecule has 3 aromatic rings. The van der Waals surface area contributed by atoms with Crippen LogP contribution in [0, 0.1) is 5.92 Å². The Morgan fingerprint density at radius 2 is 1.66 bits per heavy atom. The number of anilines is 1. The average Bonchev–Trinajstić information content (AvgIpc) is 3.74. The summed E-state index contributed by atoms with van der Waals surface area (Å²) in [4.78, 5) is 2.79. The van der Waals surface area contributed by atoms with Gasteiger partial charge in [-0.3, -0.25) is 0 Å². The van der Waals surface area contributed by atoms with Gasteiger partial charge in [-0.25, -0.2) is 0 Å². The average molecular weight is 696 g/mol. The quantitative estimate of drug-likeness (QED) is 0.256. The van der Waals surface area contributed by atoms with Gasteiger partial charge in [0, 0.05) is 33.8 Å². The largest absolute Gasteiger partial charge is 0.484 e. The Bertz CT molecular complexity index is 2210. The zero-order valence-electron chi connectivity index (χ0n) is 31.0. The van der Waals surface area contributed by atoms with Crippen LogP contribution in [0.4, 0.5) is 5.69 Å². The fourth-order valence-electron chi connectivity index (χ4n) is 10.4. The summed E-state index contributed by atoms with van der Waals surface area (Å²) >= 11 is 0. The topological polar surface area (TPSA) is 21.7 Å². The molecule has 3 heteroatoms. The zero-order chi connectivity index (χ0) is 35.6. The highest BCUT2D eigenvalue weighted by atomic mass is 16.5. The number of ether oxygens (including phenoxy) is 2. The van der Waals surface area contributed by atoms with Gasteiger partial charge in [0.1, 0.15) is 23.4 Å². The Morgan fingerprint density at radius 1 is 0.774 bits per heavy atom. The third-order valence-electron chi connectivity index (χ3n) is 13.3.